The Labute approximate surface area is 172 Å². The molecule has 0 amide bonds. The second kappa shape index (κ2) is 9.72. The van der Waals surface area contributed by atoms with E-state index < -0.39 is 21.8 Å². The van der Waals surface area contributed by atoms with Crippen LogP contribution in [0.15, 0.2) is 29.2 Å². The van der Waals surface area contributed by atoms with Gasteiger partial charge in [-0.2, -0.15) is 17.5 Å². The van der Waals surface area contributed by atoms with E-state index in [-0.39, 0.29) is 30.4 Å². The Balaban J connectivity index is 1.91. The molecule has 1 N–H and O–H groups in total. The number of thiocarbonyl (C=S) groups is 1. The molecule has 12 heteroatoms. The van der Waals surface area contributed by atoms with E-state index in [2.05, 4.69) is 10.1 Å². The van der Waals surface area contributed by atoms with Crippen molar-refractivity contribution < 1.29 is 31.1 Å². The number of esters is 1. The monoisotopic (exact) mass is 453 g/mol. The van der Waals surface area contributed by atoms with E-state index in [4.69, 9.17) is 12.2 Å². The molecule has 0 spiro atoms. The van der Waals surface area contributed by atoms with Crippen LogP contribution in [0.3, 0.4) is 0 Å². The highest BCUT2D eigenvalue weighted by molar-refractivity contribution is 7.89. The van der Waals surface area contributed by atoms with Crippen molar-refractivity contribution in [2.45, 2.75) is 23.9 Å². The molecule has 1 fully saturated rings. The van der Waals surface area contributed by atoms with Crippen LogP contribution in [0.5, 0.6) is 0 Å². The third-order valence-electron chi connectivity index (χ3n) is 4.39. The van der Waals surface area contributed by atoms with Crippen LogP contribution in [-0.4, -0.2) is 68.5 Å². The molecule has 2 rings (SSSR count). The molecule has 0 radical (unpaired) electrons. The number of nitrogens with zero attached hydrogens (tertiary/aromatic N) is 2. The minimum atomic E-state index is -4.62. The number of benzene rings is 1. The van der Waals surface area contributed by atoms with Crippen molar-refractivity contribution in [2.75, 3.05) is 39.8 Å². The van der Waals surface area contributed by atoms with Gasteiger partial charge in [-0.05, 0) is 36.8 Å². The summed E-state index contributed by atoms with van der Waals surface area (Å²) in [5, 5.41) is 3.43. The average Bonchev–Trinajstić information content (AvgIpc) is 2.70. The molecule has 0 saturated carbocycles. The fourth-order valence-electron chi connectivity index (χ4n) is 2.76. The molecule has 7 nitrogen and oxygen atoms in total. The number of piperazine rings is 1. The number of nitrogens with one attached hydrogen (secondary N) is 1. The molecule has 0 unspecified atom stereocenters. The molecule has 1 heterocycles. The summed E-state index contributed by atoms with van der Waals surface area (Å²) < 4.78 is 69.7. The van der Waals surface area contributed by atoms with Crippen LogP contribution in [0.2, 0.25) is 0 Å². The number of sulfonamides is 1. The third kappa shape index (κ3) is 6.28. The van der Waals surface area contributed by atoms with Crippen molar-refractivity contribution in [1.82, 2.24) is 14.5 Å². The zero-order valence-electron chi connectivity index (χ0n) is 15.7. The summed E-state index contributed by atoms with van der Waals surface area (Å²) in [6.45, 7) is 1.28. The maximum atomic E-state index is 12.9. The molecule has 0 aliphatic carbocycles. The number of halogens is 3. The van der Waals surface area contributed by atoms with E-state index in [0.29, 0.717) is 37.2 Å². The summed E-state index contributed by atoms with van der Waals surface area (Å²) in [5.41, 5.74) is -1.01. The van der Waals surface area contributed by atoms with Crippen molar-refractivity contribution in [3.8, 4) is 0 Å². The largest absolute Gasteiger partial charge is 0.469 e. The Kier molecular flexibility index (Phi) is 7.83. The summed E-state index contributed by atoms with van der Waals surface area (Å²) in [7, 11) is -2.72. The molecule has 1 aliphatic heterocycles. The van der Waals surface area contributed by atoms with E-state index in [9.17, 15) is 26.4 Å². The second-order valence-corrected chi connectivity index (χ2v) is 8.65. The molecule has 1 aromatic carbocycles. The number of alkyl halides is 3. The van der Waals surface area contributed by atoms with Gasteiger partial charge in [0.25, 0.3) is 0 Å². The van der Waals surface area contributed by atoms with Gasteiger partial charge >= 0.3 is 12.1 Å². The topological polar surface area (TPSA) is 79.0 Å². The fraction of sp³-hybridized carbons (Fsp3) is 0.529. The highest BCUT2D eigenvalue weighted by atomic mass is 32.2. The molecule has 0 bridgehead atoms. The molecular weight excluding hydrogens is 431 g/mol. The van der Waals surface area contributed by atoms with Crippen molar-refractivity contribution in [1.29, 1.82) is 0 Å². The van der Waals surface area contributed by atoms with E-state index in [0.717, 1.165) is 22.5 Å². The van der Waals surface area contributed by atoms with E-state index in [1.54, 1.807) is 4.90 Å². The van der Waals surface area contributed by atoms with Gasteiger partial charge in [0.05, 0.1) is 17.6 Å². The number of methoxy groups -OCH3 is 1. The smallest absolute Gasteiger partial charge is 0.416 e. The van der Waals surface area contributed by atoms with Crippen LogP contribution < -0.4 is 5.32 Å². The number of ether oxygens (including phenoxy) is 1. The summed E-state index contributed by atoms with van der Waals surface area (Å²) in [6, 6.07) is 3.72. The van der Waals surface area contributed by atoms with Gasteiger partial charge in [-0.1, -0.05) is 6.07 Å². The number of carbonyl (C=O) groups excluding carboxylic acids is 1. The quantitative estimate of drug-likeness (QED) is 0.400. The molecule has 1 aromatic rings. The van der Waals surface area contributed by atoms with Crippen molar-refractivity contribution in [2.24, 2.45) is 0 Å². The molecule has 162 valence electrons. The van der Waals surface area contributed by atoms with E-state index in [1.165, 1.54) is 7.11 Å². The minimum Gasteiger partial charge on any atom is -0.469 e. The minimum absolute atomic E-state index is 0.0998. The van der Waals surface area contributed by atoms with Gasteiger partial charge in [0, 0.05) is 39.1 Å². The summed E-state index contributed by atoms with van der Waals surface area (Å²) in [4.78, 5) is 12.5. The number of rotatable bonds is 6. The maximum absolute atomic E-state index is 12.9. The normalized spacial score (nSPS) is 15.8. The number of carbonyl (C=O) groups is 1. The number of hydrogen-bond acceptors (Lipinski definition) is 5. The molecule has 0 atom stereocenters. The zero-order valence-corrected chi connectivity index (χ0v) is 17.4. The van der Waals surface area contributed by atoms with Crippen LogP contribution in [0.4, 0.5) is 13.2 Å². The van der Waals surface area contributed by atoms with Gasteiger partial charge in [0.1, 0.15) is 0 Å². The number of hydrogen-bond donors (Lipinski definition) is 1. The lowest BCUT2D eigenvalue weighted by atomic mass is 10.2. The first-order chi connectivity index (χ1) is 13.6. The van der Waals surface area contributed by atoms with Gasteiger partial charge in [0.2, 0.25) is 10.0 Å². The first-order valence-corrected chi connectivity index (χ1v) is 10.7. The van der Waals surface area contributed by atoms with Crippen LogP contribution in [-0.2, 0) is 25.7 Å². The van der Waals surface area contributed by atoms with E-state index >= 15 is 0 Å². The molecule has 1 aliphatic rings. The Morgan fingerprint density at radius 3 is 2.48 bits per heavy atom. The zero-order chi connectivity index (χ0) is 21.7. The summed E-state index contributed by atoms with van der Waals surface area (Å²) >= 11 is 5.27. The van der Waals surface area contributed by atoms with Crippen molar-refractivity contribution in [3.05, 3.63) is 29.8 Å². The van der Waals surface area contributed by atoms with Gasteiger partial charge in [-0.25, -0.2) is 8.42 Å². The maximum Gasteiger partial charge on any atom is 0.416 e. The molecular formula is C17H22F3N3O4S2. The van der Waals surface area contributed by atoms with Crippen molar-refractivity contribution in [3.63, 3.8) is 0 Å². The Bertz CT molecular complexity index is 839. The summed E-state index contributed by atoms with van der Waals surface area (Å²) in [6.07, 6.45) is -3.82. The SMILES string of the molecule is COC(=O)CCCNC(=S)N1CCN(S(=O)(=O)c2cccc(C(F)(F)F)c2)CC1. The predicted molar refractivity (Wildman–Crippen MR) is 104 cm³/mol. The Hall–Kier alpha value is -1.92. The van der Waals surface area contributed by atoms with E-state index in [1.807, 2.05) is 0 Å². The van der Waals surface area contributed by atoms with Gasteiger partial charge in [-0.3, -0.25) is 4.79 Å². The first-order valence-electron chi connectivity index (χ1n) is 8.82. The average molecular weight is 454 g/mol. The third-order valence-corrected chi connectivity index (χ3v) is 6.68. The lowest BCUT2D eigenvalue weighted by Gasteiger charge is -2.35. The summed E-state index contributed by atoms with van der Waals surface area (Å²) in [5.74, 6) is -0.314. The van der Waals surface area contributed by atoms with Crippen molar-refractivity contribution >= 4 is 33.3 Å². The standard InChI is InChI=1S/C17H22F3N3O4S2/c1-27-15(24)6-3-7-21-16(28)22-8-10-23(11-9-22)29(25,26)14-5-2-4-13(12-14)17(18,19)20/h2,4-5,12H,3,6-11H2,1H3,(H,21,28). The fourth-order valence-corrected chi connectivity index (χ4v) is 4.51. The molecule has 0 aromatic heterocycles. The molecule has 1 saturated heterocycles. The van der Waals surface area contributed by atoms with Gasteiger partial charge < -0.3 is 15.0 Å². The van der Waals surface area contributed by atoms with Crippen LogP contribution >= 0.6 is 12.2 Å². The highest BCUT2D eigenvalue weighted by Crippen LogP contribution is 2.31. The highest BCUT2D eigenvalue weighted by Gasteiger charge is 2.34. The van der Waals surface area contributed by atoms with Gasteiger partial charge in [-0.15, -0.1) is 0 Å². The van der Waals surface area contributed by atoms with Crippen LogP contribution in [0, 0.1) is 0 Å². The Morgan fingerprint density at radius 1 is 1.24 bits per heavy atom. The lowest BCUT2D eigenvalue weighted by molar-refractivity contribution is -0.140. The molecule has 29 heavy (non-hydrogen) atoms. The Morgan fingerprint density at radius 2 is 1.90 bits per heavy atom. The first kappa shape index (κ1) is 23.4. The second-order valence-electron chi connectivity index (χ2n) is 6.33. The lowest BCUT2D eigenvalue weighted by Crippen LogP contribution is -2.53. The predicted octanol–water partition coefficient (Wildman–Crippen LogP) is 1.84. The van der Waals surface area contributed by atoms with Crippen LogP contribution in [0.25, 0.3) is 0 Å². The van der Waals surface area contributed by atoms with Crippen LogP contribution in [0.1, 0.15) is 18.4 Å². The van der Waals surface area contributed by atoms with Gasteiger partial charge in [0.15, 0.2) is 5.11 Å².